The Hall–Kier alpha value is -2.11. The molecule has 1 rings (SSSR count). The first-order valence-corrected chi connectivity index (χ1v) is 6.13. The third-order valence-corrected chi connectivity index (χ3v) is 2.46. The van der Waals surface area contributed by atoms with Crippen molar-refractivity contribution in [3.8, 4) is 5.75 Å². The predicted molar refractivity (Wildman–Crippen MR) is 71.1 cm³/mol. The van der Waals surface area contributed by atoms with E-state index in [0.717, 1.165) is 6.42 Å². The number of carbonyl (C=O) groups excluding carboxylic acids is 1. The Bertz CT molecular complexity index is 446. The minimum Gasteiger partial charge on any atom is -0.477 e. The molecule has 0 spiro atoms. The number of hydrogen-bond donors (Lipinski definition) is 1. The number of rotatable bonds is 7. The zero-order valence-electron chi connectivity index (χ0n) is 11.1. The molecule has 1 amide bonds. The maximum absolute atomic E-state index is 11.5. The first-order valence-electron chi connectivity index (χ1n) is 6.13. The molecule has 6 heteroatoms. The van der Waals surface area contributed by atoms with Gasteiger partial charge < -0.3 is 10.1 Å². The summed E-state index contributed by atoms with van der Waals surface area (Å²) in [6.45, 7) is 4.49. The van der Waals surface area contributed by atoms with Gasteiger partial charge in [0.15, 0.2) is 12.4 Å². The monoisotopic (exact) mass is 266 g/mol. The largest absolute Gasteiger partial charge is 0.477 e. The normalized spacial score (nSPS) is 10.3. The fourth-order valence-corrected chi connectivity index (χ4v) is 1.42. The molecular weight excluding hydrogens is 248 g/mol. The van der Waals surface area contributed by atoms with Crippen molar-refractivity contribution in [1.29, 1.82) is 0 Å². The standard InChI is InChI=1S/C13H18N2O4/c1-10(2)7-8-14-13(16)9-19-12-6-4-3-5-11(12)15(17)18/h3-6,10H,7-9H2,1-2H3,(H,14,16). The molecule has 0 aliphatic rings. The Kier molecular flexibility index (Phi) is 5.78. The highest BCUT2D eigenvalue weighted by atomic mass is 16.6. The first kappa shape index (κ1) is 14.9. The smallest absolute Gasteiger partial charge is 0.310 e. The summed E-state index contributed by atoms with van der Waals surface area (Å²) in [5.74, 6) is 0.335. The van der Waals surface area contributed by atoms with Crippen LogP contribution in [-0.4, -0.2) is 24.0 Å². The zero-order valence-corrected chi connectivity index (χ0v) is 11.1. The summed E-state index contributed by atoms with van der Waals surface area (Å²) >= 11 is 0. The molecule has 104 valence electrons. The number of nitrogens with one attached hydrogen (secondary N) is 1. The second kappa shape index (κ2) is 7.35. The van der Waals surface area contributed by atoms with Crippen LogP contribution >= 0.6 is 0 Å². The molecule has 0 atom stereocenters. The van der Waals surface area contributed by atoms with Crippen LogP contribution in [0.3, 0.4) is 0 Å². The Morgan fingerprint density at radius 3 is 2.74 bits per heavy atom. The zero-order chi connectivity index (χ0) is 14.3. The molecule has 1 N–H and O–H groups in total. The molecule has 0 heterocycles. The Morgan fingerprint density at radius 2 is 2.11 bits per heavy atom. The van der Waals surface area contributed by atoms with Crippen molar-refractivity contribution >= 4 is 11.6 Å². The van der Waals surface area contributed by atoms with Gasteiger partial charge in [0, 0.05) is 12.6 Å². The topological polar surface area (TPSA) is 81.5 Å². The van der Waals surface area contributed by atoms with E-state index in [1.54, 1.807) is 12.1 Å². The summed E-state index contributed by atoms with van der Waals surface area (Å²) in [5.41, 5.74) is -0.141. The molecule has 6 nitrogen and oxygen atoms in total. The SMILES string of the molecule is CC(C)CCNC(=O)COc1ccccc1[N+](=O)[O-]. The van der Waals surface area contributed by atoms with Crippen LogP contribution in [0.4, 0.5) is 5.69 Å². The van der Waals surface area contributed by atoms with Crippen molar-refractivity contribution in [3.05, 3.63) is 34.4 Å². The van der Waals surface area contributed by atoms with Crippen molar-refractivity contribution in [3.63, 3.8) is 0 Å². The maximum atomic E-state index is 11.5. The van der Waals surface area contributed by atoms with E-state index in [4.69, 9.17) is 4.74 Å². The van der Waals surface area contributed by atoms with Gasteiger partial charge in [-0.05, 0) is 18.4 Å². The van der Waals surface area contributed by atoms with Gasteiger partial charge in [0.1, 0.15) is 0 Å². The summed E-state index contributed by atoms with van der Waals surface area (Å²) in [6.07, 6.45) is 0.886. The molecular formula is C13H18N2O4. The molecule has 0 aliphatic heterocycles. The van der Waals surface area contributed by atoms with Gasteiger partial charge in [-0.15, -0.1) is 0 Å². The predicted octanol–water partition coefficient (Wildman–Crippen LogP) is 2.14. The van der Waals surface area contributed by atoms with E-state index >= 15 is 0 Å². The minimum absolute atomic E-state index is 0.103. The highest BCUT2D eigenvalue weighted by Gasteiger charge is 2.14. The number of nitro groups is 1. The average Bonchev–Trinajstić information content (AvgIpc) is 2.36. The molecule has 0 bridgehead atoms. The van der Waals surface area contributed by atoms with E-state index in [1.165, 1.54) is 12.1 Å². The van der Waals surface area contributed by atoms with Gasteiger partial charge >= 0.3 is 5.69 Å². The third-order valence-electron chi connectivity index (χ3n) is 2.46. The van der Waals surface area contributed by atoms with Crippen LogP contribution in [0.25, 0.3) is 0 Å². The van der Waals surface area contributed by atoms with Gasteiger partial charge in [0.25, 0.3) is 5.91 Å². The molecule has 0 aliphatic carbocycles. The number of hydrogen-bond acceptors (Lipinski definition) is 4. The van der Waals surface area contributed by atoms with Gasteiger partial charge in [-0.3, -0.25) is 14.9 Å². The summed E-state index contributed by atoms with van der Waals surface area (Å²) in [4.78, 5) is 21.7. The fourth-order valence-electron chi connectivity index (χ4n) is 1.42. The number of nitro benzene ring substituents is 1. The van der Waals surface area contributed by atoms with Gasteiger partial charge in [-0.2, -0.15) is 0 Å². The molecule has 1 aromatic carbocycles. The van der Waals surface area contributed by atoms with Crippen LogP contribution < -0.4 is 10.1 Å². The van der Waals surface area contributed by atoms with Crippen LogP contribution in [0.2, 0.25) is 0 Å². The van der Waals surface area contributed by atoms with Gasteiger partial charge in [-0.1, -0.05) is 26.0 Å². The third kappa shape index (κ3) is 5.37. The van der Waals surface area contributed by atoms with Crippen LogP contribution in [0.1, 0.15) is 20.3 Å². The molecule has 0 saturated carbocycles. The lowest BCUT2D eigenvalue weighted by Gasteiger charge is -2.08. The van der Waals surface area contributed by atoms with Gasteiger partial charge in [-0.25, -0.2) is 0 Å². The highest BCUT2D eigenvalue weighted by Crippen LogP contribution is 2.25. The van der Waals surface area contributed by atoms with Crippen LogP contribution in [0.15, 0.2) is 24.3 Å². The lowest BCUT2D eigenvalue weighted by molar-refractivity contribution is -0.385. The van der Waals surface area contributed by atoms with E-state index in [9.17, 15) is 14.9 Å². The number of carbonyl (C=O) groups is 1. The first-order chi connectivity index (χ1) is 9.00. The average molecular weight is 266 g/mol. The van der Waals surface area contributed by atoms with Crippen molar-refractivity contribution < 1.29 is 14.5 Å². The van der Waals surface area contributed by atoms with E-state index in [2.05, 4.69) is 19.2 Å². The summed E-state index contributed by atoms with van der Waals surface area (Å²) in [5, 5.41) is 13.4. The van der Waals surface area contributed by atoms with E-state index in [-0.39, 0.29) is 24.0 Å². The van der Waals surface area contributed by atoms with Crippen LogP contribution in [-0.2, 0) is 4.79 Å². The number of nitrogens with zero attached hydrogens (tertiary/aromatic N) is 1. The molecule has 0 aromatic heterocycles. The molecule has 1 aromatic rings. The lowest BCUT2D eigenvalue weighted by Crippen LogP contribution is -2.30. The van der Waals surface area contributed by atoms with Crippen LogP contribution in [0, 0.1) is 16.0 Å². The Morgan fingerprint density at radius 1 is 1.42 bits per heavy atom. The second-order valence-corrected chi connectivity index (χ2v) is 4.55. The summed E-state index contributed by atoms with van der Waals surface area (Å²) < 4.78 is 5.16. The Labute approximate surface area is 111 Å². The van der Waals surface area contributed by atoms with E-state index in [0.29, 0.717) is 12.5 Å². The van der Waals surface area contributed by atoms with Gasteiger partial charge in [0.05, 0.1) is 4.92 Å². The van der Waals surface area contributed by atoms with Crippen molar-refractivity contribution in [2.75, 3.05) is 13.2 Å². The van der Waals surface area contributed by atoms with Crippen molar-refractivity contribution in [1.82, 2.24) is 5.32 Å². The molecule has 0 saturated heterocycles. The van der Waals surface area contributed by atoms with Crippen molar-refractivity contribution in [2.45, 2.75) is 20.3 Å². The van der Waals surface area contributed by atoms with Gasteiger partial charge in [0.2, 0.25) is 0 Å². The van der Waals surface area contributed by atoms with Crippen LogP contribution in [0.5, 0.6) is 5.75 Å². The quantitative estimate of drug-likeness (QED) is 0.605. The molecule has 0 fully saturated rings. The highest BCUT2D eigenvalue weighted by molar-refractivity contribution is 5.77. The number of benzene rings is 1. The number of amides is 1. The summed E-state index contributed by atoms with van der Waals surface area (Å²) in [7, 11) is 0. The number of para-hydroxylation sites is 2. The number of ether oxygens (including phenoxy) is 1. The second-order valence-electron chi connectivity index (χ2n) is 4.55. The summed E-state index contributed by atoms with van der Waals surface area (Å²) in [6, 6.07) is 5.98. The van der Waals surface area contributed by atoms with Crippen molar-refractivity contribution in [2.24, 2.45) is 5.92 Å². The van der Waals surface area contributed by atoms with E-state index in [1.807, 2.05) is 0 Å². The molecule has 0 unspecified atom stereocenters. The fraction of sp³-hybridized carbons (Fsp3) is 0.462. The minimum atomic E-state index is -0.536. The van der Waals surface area contributed by atoms with E-state index < -0.39 is 4.92 Å². The Balaban J connectivity index is 2.44. The molecule has 0 radical (unpaired) electrons. The lowest BCUT2D eigenvalue weighted by atomic mass is 10.1. The molecule has 19 heavy (non-hydrogen) atoms. The maximum Gasteiger partial charge on any atom is 0.310 e.